The van der Waals surface area contributed by atoms with Crippen LogP contribution in [0.2, 0.25) is 5.02 Å². The van der Waals surface area contributed by atoms with E-state index in [0.717, 1.165) is 13.1 Å². The summed E-state index contributed by atoms with van der Waals surface area (Å²) in [6, 6.07) is 6.42. The maximum Gasteiger partial charge on any atom is 0.427 e. The number of nitro groups is 1. The molecule has 1 fully saturated rings. The van der Waals surface area contributed by atoms with Crippen molar-refractivity contribution in [2.24, 2.45) is 0 Å². The lowest BCUT2D eigenvalue weighted by atomic mass is 10.1. The van der Waals surface area contributed by atoms with Gasteiger partial charge in [-0.3, -0.25) is 14.2 Å². The number of carbonyl (C=O) groups is 1. The molecule has 0 atom stereocenters. The van der Waals surface area contributed by atoms with Crippen LogP contribution in [0.25, 0.3) is 11.3 Å². The molecule has 0 spiro atoms. The largest absolute Gasteiger partial charge is 0.427 e. The van der Waals surface area contributed by atoms with E-state index in [2.05, 4.69) is 15.4 Å². The van der Waals surface area contributed by atoms with Gasteiger partial charge in [-0.25, -0.2) is 0 Å². The van der Waals surface area contributed by atoms with Crippen LogP contribution in [-0.2, 0) is 4.74 Å². The van der Waals surface area contributed by atoms with Crippen molar-refractivity contribution in [3.8, 4) is 11.3 Å². The molecule has 0 saturated carbocycles. The van der Waals surface area contributed by atoms with Crippen LogP contribution < -0.4 is 5.32 Å². The minimum absolute atomic E-state index is 0.0391. The maximum atomic E-state index is 12.5. The Morgan fingerprint density at radius 1 is 1.31 bits per heavy atom. The molecule has 138 valence electrons. The third kappa shape index (κ3) is 4.18. The van der Waals surface area contributed by atoms with Gasteiger partial charge in [0.2, 0.25) is 5.76 Å². The van der Waals surface area contributed by atoms with Crippen LogP contribution >= 0.6 is 11.6 Å². The van der Waals surface area contributed by atoms with E-state index in [-0.39, 0.29) is 11.3 Å². The molecule has 0 aliphatic carbocycles. The number of aromatic nitrogens is 1. The van der Waals surface area contributed by atoms with Gasteiger partial charge in [0.05, 0.1) is 13.2 Å². The van der Waals surface area contributed by atoms with E-state index in [1.165, 1.54) is 0 Å². The monoisotopic (exact) mass is 380 g/mol. The van der Waals surface area contributed by atoms with Gasteiger partial charge >= 0.3 is 5.82 Å². The fourth-order valence-corrected chi connectivity index (χ4v) is 2.78. The molecular weight excluding hydrogens is 364 g/mol. The van der Waals surface area contributed by atoms with Crippen LogP contribution in [0.1, 0.15) is 10.4 Å². The Labute approximate surface area is 154 Å². The summed E-state index contributed by atoms with van der Waals surface area (Å²) in [5.41, 5.74) is 0.285. The van der Waals surface area contributed by atoms with Crippen molar-refractivity contribution in [3.05, 3.63) is 45.0 Å². The Morgan fingerprint density at radius 2 is 2.00 bits per heavy atom. The second kappa shape index (κ2) is 8.26. The highest BCUT2D eigenvalue weighted by Gasteiger charge is 2.32. The molecule has 1 saturated heterocycles. The lowest BCUT2D eigenvalue weighted by Gasteiger charge is -2.26. The number of nitrogens with one attached hydrogen (secondary N) is 1. The number of amides is 1. The Hall–Kier alpha value is -2.49. The van der Waals surface area contributed by atoms with Crippen molar-refractivity contribution >= 4 is 23.3 Å². The number of hydrogen-bond acceptors (Lipinski definition) is 7. The van der Waals surface area contributed by atoms with Crippen molar-refractivity contribution in [2.75, 3.05) is 39.4 Å². The lowest BCUT2D eigenvalue weighted by molar-refractivity contribution is -0.391. The van der Waals surface area contributed by atoms with Crippen LogP contribution in [0.5, 0.6) is 0 Å². The van der Waals surface area contributed by atoms with Gasteiger partial charge in [-0.15, -0.1) is 0 Å². The topological polar surface area (TPSA) is 111 Å². The third-order valence-electron chi connectivity index (χ3n) is 4.00. The van der Waals surface area contributed by atoms with Gasteiger partial charge < -0.3 is 20.2 Å². The van der Waals surface area contributed by atoms with Gasteiger partial charge in [0.15, 0.2) is 10.7 Å². The summed E-state index contributed by atoms with van der Waals surface area (Å²) in [6.45, 7) is 3.88. The second-order valence-corrected chi connectivity index (χ2v) is 6.12. The highest BCUT2D eigenvalue weighted by Crippen LogP contribution is 2.31. The van der Waals surface area contributed by atoms with E-state index in [0.29, 0.717) is 36.9 Å². The van der Waals surface area contributed by atoms with Crippen LogP contribution in [0.15, 0.2) is 28.8 Å². The molecule has 1 aromatic heterocycles. The lowest BCUT2D eigenvalue weighted by Crippen LogP contribution is -2.41. The number of hydrogen-bond donors (Lipinski definition) is 1. The summed E-state index contributed by atoms with van der Waals surface area (Å²) in [6.07, 6.45) is 0. The summed E-state index contributed by atoms with van der Waals surface area (Å²) < 4.78 is 10.3. The first kappa shape index (κ1) is 18.3. The van der Waals surface area contributed by atoms with E-state index >= 15 is 0 Å². The second-order valence-electron chi connectivity index (χ2n) is 5.68. The van der Waals surface area contributed by atoms with Gasteiger partial charge in [-0.2, -0.15) is 0 Å². The maximum absolute atomic E-state index is 12.5. The number of benzene rings is 1. The molecule has 3 rings (SSSR count). The zero-order valence-electron chi connectivity index (χ0n) is 13.8. The van der Waals surface area contributed by atoms with E-state index in [1.807, 2.05) is 0 Å². The zero-order chi connectivity index (χ0) is 18.5. The van der Waals surface area contributed by atoms with Crippen molar-refractivity contribution < 1.29 is 19.0 Å². The number of ether oxygens (including phenoxy) is 1. The minimum Gasteiger partial charge on any atom is -0.379 e. The predicted molar refractivity (Wildman–Crippen MR) is 93.2 cm³/mol. The Morgan fingerprint density at radius 3 is 2.65 bits per heavy atom. The van der Waals surface area contributed by atoms with E-state index in [1.54, 1.807) is 24.3 Å². The number of nitrogens with zero attached hydrogens (tertiary/aromatic N) is 3. The number of rotatable bonds is 6. The highest BCUT2D eigenvalue weighted by molar-refractivity contribution is 6.30. The van der Waals surface area contributed by atoms with Crippen molar-refractivity contribution in [1.29, 1.82) is 0 Å². The zero-order valence-corrected chi connectivity index (χ0v) is 14.6. The Bertz CT molecular complexity index is 786. The molecular formula is C16H17ClN4O5. The van der Waals surface area contributed by atoms with E-state index in [4.69, 9.17) is 20.9 Å². The summed E-state index contributed by atoms with van der Waals surface area (Å²) in [4.78, 5) is 25.2. The van der Waals surface area contributed by atoms with Gasteiger partial charge in [-0.1, -0.05) is 11.6 Å². The van der Waals surface area contributed by atoms with Crippen molar-refractivity contribution in [1.82, 2.24) is 15.4 Å². The molecule has 1 aromatic carbocycles. The summed E-state index contributed by atoms with van der Waals surface area (Å²) in [7, 11) is 0. The van der Waals surface area contributed by atoms with Crippen LogP contribution in [0, 0.1) is 10.1 Å². The van der Waals surface area contributed by atoms with Crippen LogP contribution in [0.3, 0.4) is 0 Å². The molecule has 1 N–H and O–H groups in total. The molecule has 10 heteroatoms. The number of carbonyl (C=O) groups excluding carboxylic acids is 1. The molecule has 2 aromatic rings. The quantitative estimate of drug-likeness (QED) is 0.602. The third-order valence-corrected chi connectivity index (χ3v) is 4.25. The molecule has 1 amide bonds. The molecule has 1 aliphatic rings. The molecule has 2 heterocycles. The normalized spacial score (nSPS) is 15.0. The first-order valence-corrected chi connectivity index (χ1v) is 8.42. The molecule has 1 aliphatic heterocycles. The average molecular weight is 381 g/mol. The van der Waals surface area contributed by atoms with Gasteiger partial charge in [0, 0.05) is 36.8 Å². The van der Waals surface area contributed by atoms with Gasteiger partial charge in [-0.05, 0) is 29.2 Å². The highest BCUT2D eigenvalue weighted by atomic mass is 35.5. The fourth-order valence-electron chi connectivity index (χ4n) is 2.65. The molecule has 0 bridgehead atoms. The van der Waals surface area contributed by atoms with Gasteiger partial charge in [0.25, 0.3) is 5.91 Å². The Balaban J connectivity index is 1.75. The van der Waals surface area contributed by atoms with Crippen molar-refractivity contribution in [2.45, 2.75) is 0 Å². The van der Waals surface area contributed by atoms with E-state index in [9.17, 15) is 14.9 Å². The molecule has 26 heavy (non-hydrogen) atoms. The number of morpholine rings is 1. The van der Waals surface area contributed by atoms with E-state index < -0.39 is 16.6 Å². The first-order chi connectivity index (χ1) is 12.6. The Kier molecular flexibility index (Phi) is 5.82. The standard InChI is InChI=1S/C16H17ClN4O5/c17-12-3-1-11(2-4-12)14-13(15(19-26-14)21(23)24)16(22)18-5-6-20-7-9-25-10-8-20/h1-4H,5-10H2,(H,18,22). The van der Waals surface area contributed by atoms with Crippen LogP contribution in [0.4, 0.5) is 5.82 Å². The van der Waals surface area contributed by atoms with Gasteiger partial charge in [0.1, 0.15) is 0 Å². The minimum atomic E-state index is -0.736. The average Bonchev–Trinajstić information content (AvgIpc) is 3.08. The molecule has 0 unspecified atom stereocenters. The predicted octanol–water partition coefficient (Wildman–Crippen LogP) is 1.97. The van der Waals surface area contributed by atoms with Crippen molar-refractivity contribution in [3.63, 3.8) is 0 Å². The molecule has 0 radical (unpaired) electrons. The SMILES string of the molecule is O=C(NCCN1CCOCC1)c1c([N+](=O)[O-])noc1-c1ccc(Cl)cc1. The first-order valence-electron chi connectivity index (χ1n) is 8.04. The summed E-state index contributed by atoms with van der Waals surface area (Å²) in [5, 5.41) is 17.8. The number of halogens is 1. The fraction of sp³-hybridized carbons (Fsp3) is 0.375. The smallest absolute Gasteiger partial charge is 0.379 e. The summed E-state index contributed by atoms with van der Waals surface area (Å²) in [5.74, 6) is -1.17. The summed E-state index contributed by atoms with van der Waals surface area (Å²) >= 11 is 5.85. The molecule has 9 nitrogen and oxygen atoms in total. The van der Waals surface area contributed by atoms with Crippen LogP contribution in [-0.4, -0.2) is 60.3 Å².